The Bertz CT molecular complexity index is 881. The van der Waals surface area contributed by atoms with Crippen LogP contribution in [-0.4, -0.2) is 11.9 Å². The maximum absolute atomic E-state index is 12.5. The summed E-state index contributed by atoms with van der Waals surface area (Å²) >= 11 is 0. The van der Waals surface area contributed by atoms with E-state index in [9.17, 15) is 4.79 Å². The molecule has 0 saturated heterocycles. The van der Waals surface area contributed by atoms with Gasteiger partial charge in [-0.05, 0) is 48.9 Å². The molecule has 3 aromatic rings. The largest absolute Gasteiger partial charge is 0.467 e. The predicted octanol–water partition coefficient (Wildman–Crippen LogP) is 3.86. The number of carbonyl (C=O) groups excluding carboxylic acids is 1. The summed E-state index contributed by atoms with van der Waals surface area (Å²) in [5.74, 6) is 0.580. The van der Waals surface area contributed by atoms with Crippen LogP contribution in [-0.2, 0) is 4.79 Å². The van der Waals surface area contributed by atoms with Gasteiger partial charge in [0.15, 0.2) is 0 Å². The second kappa shape index (κ2) is 8.15. The molecule has 5 nitrogen and oxygen atoms in total. The van der Waals surface area contributed by atoms with Crippen LogP contribution in [0.4, 0.5) is 5.69 Å². The molecule has 0 aliphatic carbocycles. The van der Waals surface area contributed by atoms with Crippen molar-refractivity contribution in [1.82, 2.24) is 5.32 Å². The zero-order valence-electron chi connectivity index (χ0n) is 14.3. The first-order valence-electron chi connectivity index (χ1n) is 8.33. The van der Waals surface area contributed by atoms with Crippen LogP contribution < -0.4 is 10.6 Å². The van der Waals surface area contributed by atoms with Gasteiger partial charge in [0, 0.05) is 5.69 Å². The van der Waals surface area contributed by atoms with Crippen LogP contribution >= 0.6 is 0 Å². The molecule has 5 heteroatoms. The minimum absolute atomic E-state index is 0.165. The number of benzene rings is 2. The molecule has 0 bridgehead atoms. The second-order valence-electron chi connectivity index (χ2n) is 5.93. The highest BCUT2D eigenvalue weighted by atomic mass is 16.3. The van der Waals surface area contributed by atoms with Crippen molar-refractivity contribution in [3.8, 4) is 6.07 Å². The summed E-state index contributed by atoms with van der Waals surface area (Å²) in [5, 5.41) is 15.0. The van der Waals surface area contributed by atoms with Gasteiger partial charge in [0.1, 0.15) is 5.76 Å². The van der Waals surface area contributed by atoms with Crippen molar-refractivity contribution in [3.05, 3.63) is 89.9 Å². The summed E-state index contributed by atoms with van der Waals surface area (Å²) < 4.78 is 5.55. The van der Waals surface area contributed by atoms with Crippen LogP contribution in [0.3, 0.4) is 0 Å². The molecule has 1 heterocycles. The second-order valence-corrected chi connectivity index (χ2v) is 5.93. The number of rotatable bonds is 6. The number of hydrogen-bond donors (Lipinski definition) is 2. The maximum atomic E-state index is 12.5. The van der Waals surface area contributed by atoms with Crippen LogP contribution in [0, 0.1) is 11.3 Å². The molecule has 0 aliphatic heterocycles. The average molecular weight is 345 g/mol. The SMILES string of the molecule is C[C@@H](N[C@H](c1ccccc1)c1ccco1)C(=O)Nc1ccc(C#N)cc1. The molecular formula is C21H19N3O2. The van der Waals surface area contributed by atoms with Gasteiger partial charge in [0.25, 0.3) is 0 Å². The zero-order chi connectivity index (χ0) is 18.4. The highest BCUT2D eigenvalue weighted by Crippen LogP contribution is 2.23. The quantitative estimate of drug-likeness (QED) is 0.711. The average Bonchev–Trinajstić information content (AvgIpc) is 3.21. The van der Waals surface area contributed by atoms with Crippen LogP contribution in [0.15, 0.2) is 77.4 Å². The number of anilines is 1. The van der Waals surface area contributed by atoms with E-state index in [2.05, 4.69) is 16.7 Å². The fourth-order valence-electron chi connectivity index (χ4n) is 2.65. The van der Waals surface area contributed by atoms with Gasteiger partial charge in [-0.2, -0.15) is 5.26 Å². The van der Waals surface area contributed by atoms with E-state index < -0.39 is 6.04 Å². The van der Waals surface area contributed by atoms with Crippen molar-refractivity contribution in [3.63, 3.8) is 0 Å². The number of furan rings is 1. The van der Waals surface area contributed by atoms with E-state index in [1.807, 2.05) is 42.5 Å². The molecule has 0 aliphatic rings. The number of hydrogen-bond acceptors (Lipinski definition) is 4. The number of nitrogens with one attached hydrogen (secondary N) is 2. The molecule has 3 rings (SSSR count). The summed E-state index contributed by atoms with van der Waals surface area (Å²) in [6.45, 7) is 1.80. The third kappa shape index (κ3) is 4.18. The van der Waals surface area contributed by atoms with Crippen LogP contribution in [0.25, 0.3) is 0 Å². The summed E-state index contributed by atoms with van der Waals surface area (Å²) in [5.41, 5.74) is 2.22. The van der Waals surface area contributed by atoms with Gasteiger partial charge < -0.3 is 9.73 Å². The summed E-state index contributed by atoms with van der Waals surface area (Å²) in [7, 11) is 0. The number of nitriles is 1. The van der Waals surface area contributed by atoms with E-state index in [0.29, 0.717) is 11.3 Å². The minimum atomic E-state index is -0.457. The van der Waals surface area contributed by atoms with Gasteiger partial charge in [-0.15, -0.1) is 0 Å². The fraction of sp³-hybridized carbons (Fsp3) is 0.143. The molecule has 2 aromatic carbocycles. The molecule has 2 atom stereocenters. The van der Waals surface area contributed by atoms with Gasteiger partial charge >= 0.3 is 0 Å². The molecule has 0 saturated carbocycles. The molecule has 0 fully saturated rings. The Morgan fingerprint density at radius 1 is 1.04 bits per heavy atom. The van der Waals surface area contributed by atoms with E-state index in [0.717, 1.165) is 11.3 Å². The minimum Gasteiger partial charge on any atom is -0.467 e. The van der Waals surface area contributed by atoms with Gasteiger partial charge in [-0.3, -0.25) is 10.1 Å². The van der Waals surface area contributed by atoms with Crippen molar-refractivity contribution in [2.45, 2.75) is 19.0 Å². The first kappa shape index (κ1) is 17.5. The molecule has 0 radical (unpaired) electrons. The first-order chi connectivity index (χ1) is 12.7. The molecule has 0 unspecified atom stereocenters. The monoisotopic (exact) mass is 345 g/mol. The number of amides is 1. The highest BCUT2D eigenvalue weighted by Gasteiger charge is 2.22. The van der Waals surface area contributed by atoms with Crippen molar-refractivity contribution in [1.29, 1.82) is 5.26 Å². The lowest BCUT2D eigenvalue weighted by molar-refractivity contribution is -0.117. The first-order valence-corrected chi connectivity index (χ1v) is 8.33. The Morgan fingerprint density at radius 3 is 2.38 bits per heavy atom. The molecule has 2 N–H and O–H groups in total. The zero-order valence-corrected chi connectivity index (χ0v) is 14.3. The van der Waals surface area contributed by atoms with Gasteiger partial charge in [0.05, 0.1) is 30.0 Å². The topological polar surface area (TPSA) is 78.1 Å². The maximum Gasteiger partial charge on any atom is 0.241 e. The molecule has 1 aromatic heterocycles. The lowest BCUT2D eigenvalue weighted by atomic mass is 10.0. The Balaban J connectivity index is 1.72. The molecule has 130 valence electrons. The van der Waals surface area contributed by atoms with E-state index in [1.165, 1.54) is 0 Å². The lowest BCUT2D eigenvalue weighted by Crippen LogP contribution is -2.40. The summed E-state index contributed by atoms with van der Waals surface area (Å²) in [6, 6.07) is 21.7. The van der Waals surface area contributed by atoms with Crippen LogP contribution in [0.5, 0.6) is 0 Å². The van der Waals surface area contributed by atoms with E-state index in [-0.39, 0.29) is 11.9 Å². The summed E-state index contributed by atoms with van der Waals surface area (Å²) in [4.78, 5) is 12.5. The smallest absolute Gasteiger partial charge is 0.241 e. The molecule has 0 spiro atoms. The summed E-state index contributed by atoms with van der Waals surface area (Å²) in [6.07, 6.45) is 1.62. The Kier molecular flexibility index (Phi) is 5.47. The standard InChI is InChI=1S/C21H19N3O2/c1-15(21(25)24-18-11-9-16(14-22)10-12-18)23-20(19-8-5-13-26-19)17-6-3-2-4-7-17/h2-13,15,20,23H,1H3,(H,24,25)/t15-,20-/m1/s1. The predicted molar refractivity (Wildman–Crippen MR) is 99.4 cm³/mol. The number of nitrogens with zero attached hydrogens (tertiary/aromatic N) is 1. The third-order valence-corrected chi connectivity index (χ3v) is 4.05. The Hall–Kier alpha value is -3.36. The van der Waals surface area contributed by atoms with E-state index in [4.69, 9.17) is 9.68 Å². The molecule has 26 heavy (non-hydrogen) atoms. The Labute approximate surface area is 152 Å². The van der Waals surface area contributed by atoms with Crippen molar-refractivity contribution in [2.24, 2.45) is 0 Å². The fourth-order valence-corrected chi connectivity index (χ4v) is 2.65. The van der Waals surface area contributed by atoms with Crippen molar-refractivity contribution >= 4 is 11.6 Å². The van der Waals surface area contributed by atoms with Crippen molar-refractivity contribution < 1.29 is 9.21 Å². The van der Waals surface area contributed by atoms with Gasteiger partial charge in [-0.25, -0.2) is 0 Å². The van der Waals surface area contributed by atoms with Gasteiger partial charge in [-0.1, -0.05) is 30.3 Å². The van der Waals surface area contributed by atoms with E-state index >= 15 is 0 Å². The van der Waals surface area contributed by atoms with E-state index in [1.54, 1.807) is 37.5 Å². The van der Waals surface area contributed by atoms with Crippen LogP contribution in [0.2, 0.25) is 0 Å². The normalized spacial score (nSPS) is 12.8. The third-order valence-electron chi connectivity index (χ3n) is 4.05. The highest BCUT2D eigenvalue weighted by molar-refractivity contribution is 5.94. The number of carbonyl (C=O) groups is 1. The molecule has 1 amide bonds. The Morgan fingerprint density at radius 2 is 1.77 bits per heavy atom. The van der Waals surface area contributed by atoms with Crippen LogP contribution in [0.1, 0.15) is 29.9 Å². The van der Waals surface area contributed by atoms with Crippen molar-refractivity contribution in [2.75, 3.05) is 5.32 Å². The lowest BCUT2D eigenvalue weighted by Gasteiger charge is -2.22. The molecular weight excluding hydrogens is 326 g/mol. The van der Waals surface area contributed by atoms with Gasteiger partial charge in [0.2, 0.25) is 5.91 Å².